The zero-order valence-corrected chi connectivity index (χ0v) is 16.3. The van der Waals surface area contributed by atoms with Crippen molar-refractivity contribution in [3.05, 3.63) is 65.0 Å². The molecule has 0 aliphatic carbocycles. The topological polar surface area (TPSA) is 117 Å². The number of benzene rings is 2. The van der Waals surface area contributed by atoms with Crippen LogP contribution in [0.2, 0.25) is 5.02 Å². The molecule has 0 fully saturated rings. The normalized spacial score (nSPS) is 13.0. The highest BCUT2D eigenvalue weighted by Gasteiger charge is 2.21. The molecule has 3 rings (SSSR count). The summed E-state index contributed by atoms with van der Waals surface area (Å²) < 4.78 is 19.6. The van der Waals surface area contributed by atoms with Crippen LogP contribution in [0, 0.1) is 0 Å². The number of aliphatic hydroxyl groups excluding tert-OH is 1. The molecule has 146 valence electrons. The molecule has 0 spiro atoms. The number of aromatic nitrogens is 2. The monoisotopic (exact) mass is 420 g/mol. The third-order valence-corrected chi connectivity index (χ3v) is 4.50. The molecule has 10 heteroatoms. The van der Waals surface area contributed by atoms with Crippen molar-refractivity contribution >= 4 is 34.2 Å². The fraction of sp³-hybridized carbons (Fsp3) is 0.167. The Balaban J connectivity index is 1.72. The number of nitrogens with one attached hydrogen (secondary N) is 2. The van der Waals surface area contributed by atoms with Gasteiger partial charge in [0.15, 0.2) is 0 Å². The third kappa shape index (κ3) is 4.94. The maximum atomic E-state index is 12.3. The summed E-state index contributed by atoms with van der Waals surface area (Å²) >= 11 is 5.82. The van der Waals surface area contributed by atoms with Gasteiger partial charge < -0.3 is 19.6 Å². The average molecular weight is 421 g/mol. The molecule has 8 nitrogen and oxygen atoms in total. The van der Waals surface area contributed by atoms with Gasteiger partial charge in [0, 0.05) is 28.1 Å². The summed E-state index contributed by atoms with van der Waals surface area (Å²) in [7, 11) is -1.17. The molecule has 1 amide bonds. The van der Waals surface area contributed by atoms with E-state index >= 15 is 0 Å². The molecule has 3 N–H and O–H groups in total. The minimum Gasteiger partial charge on any atom is -0.418 e. The molecule has 3 aromatic rings. The van der Waals surface area contributed by atoms with Gasteiger partial charge in [-0.3, -0.25) is 4.79 Å². The van der Waals surface area contributed by atoms with Crippen LogP contribution in [0.15, 0.2) is 52.9 Å². The minimum atomic E-state index is -1.17. The number of hydrogen-bond donors (Lipinski definition) is 3. The van der Waals surface area contributed by atoms with Crippen LogP contribution in [0.1, 0.15) is 22.3 Å². The summed E-state index contributed by atoms with van der Waals surface area (Å²) in [4.78, 5) is 12.3. The number of carbonyl (C=O) groups is 1. The highest BCUT2D eigenvalue weighted by Crippen LogP contribution is 2.23. The predicted molar refractivity (Wildman–Crippen MR) is 106 cm³/mol. The summed E-state index contributed by atoms with van der Waals surface area (Å²) in [5, 5.41) is 20.7. The Labute approximate surface area is 168 Å². The largest absolute Gasteiger partial charge is 0.418 e. The molecule has 1 aromatic heterocycles. The molecule has 2 atom stereocenters. The second-order valence-electron chi connectivity index (χ2n) is 5.79. The van der Waals surface area contributed by atoms with Gasteiger partial charge in [0.05, 0.1) is 6.61 Å². The third-order valence-electron chi connectivity index (χ3n) is 3.73. The summed E-state index contributed by atoms with van der Waals surface area (Å²) in [6, 6.07) is 12.4. The van der Waals surface area contributed by atoms with E-state index in [0.717, 1.165) is 0 Å². The Morgan fingerprint density at radius 3 is 2.46 bits per heavy atom. The van der Waals surface area contributed by atoms with Gasteiger partial charge >= 0.3 is 0 Å². The van der Waals surface area contributed by atoms with Gasteiger partial charge in [0.2, 0.25) is 11.8 Å². The van der Waals surface area contributed by atoms with Crippen LogP contribution in [0.3, 0.4) is 0 Å². The van der Waals surface area contributed by atoms with E-state index < -0.39 is 29.5 Å². The first kappa shape index (κ1) is 20.0. The van der Waals surface area contributed by atoms with Gasteiger partial charge in [-0.2, -0.15) is 0 Å². The maximum absolute atomic E-state index is 12.3. The first-order chi connectivity index (χ1) is 13.5. The van der Waals surface area contributed by atoms with Crippen LogP contribution in [-0.2, 0) is 11.0 Å². The molecule has 0 radical (unpaired) electrons. The Bertz CT molecular complexity index is 976. The number of aliphatic hydroxyl groups is 1. The van der Waals surface area contributed by atoms with E-state index in [1.807, 2.05) is 0 Å². The van der Waals surface area contributed by atoms with Crippen molar-refractivity contribution in [1.82, 2.24) is 15.5 Å². The number of halogens is 1. The van der Waals surface area contributed by atoms with Crippen LogP contribution >= 0.6 is 11.6 Å². The Morgan fingerprint density at radius 1 is 1.18 bits per heavy atom. The van der Waals surface area contributed by atoms with Crippen molar-refractivity contribution < 1.29 is 18.5 Å². The lowest BCUT2D eigenvalue weighted by Crippen LogP contribution is -2.31. The first-order valence-corrected chi connectivity index (χ1v) is 10.1. The van der Waals surface area contributed by atoms with E-state index in [0.29, 0.717) is 21.8 Å². The molecular formula is C18H17ClN4O4S. The zero-order valence-electron chi connectivity index (χ0n) is 14.8. The average Bonchev–Trinajstić information content (AvgIpc) is 3.16. The van der Waals surface area contributed by atoms with Gasteiger partial charge in [-0.05, 0) is 48.5 Å². The number of nitrogens with zero attached hydrogens (tertiary/aromatic N) is 2. The molecule has 0 saturated heterocycles. The van der Waals surface area contributed by atoms with Crippen LogP contribution in [-0.4, -0.2) is 38.3 Å². The van der Waals surface area contributed by atoms with E-state index in [9.17, 15) is 14.1 Å². The SMILES string of the molecule is CS(=O)Nc1ccc(-c2nnc(C(CO)NC(=O)c3ccc(Cl)cc3)o2)cc1. The van der Waals surface area contributed by atoms with Crippen molar-refractivity contribution in [2.75, 3.05) is 17.6 Å². The smallest absolute Gasteiger partial charge is 0.251 e. The quantitative estimate of drug-likeness (QED) is 0.540. The summed E-state index contributed by atoms with van der Waals surface area (Å²) in [5.41, 5.74) is 1.72. The number of amides is 1. The van der Waals surface area contributed by atoms with E-state index in [2.05, 4.69) is 20.2 Å². The molecule has 2 unspecified atom stereocenters. The van der Waals surface area contributed by atoms with Crippen molar-refractivity contribution in [3.63, 3.8) is 0 Å². The molecule has 0 bridgehead atoms. The van der Waals surface area contributed by atoms with Gasteiger partial charge in [0.25, 0.3) is 5.91 Å². The van der Waals surface area contributed by atoms with E-state index in [4.69, 9.17) is 16.0 Å². The minimum absolute atomic E-state index is 0.0803. The lowest BCUT2D eigenvalue weighted by molar-refractivity contribution is 0.0905. The lowest BCUT2D eigenvalue weighted by Gasteiger charge is -2.12. The first-order valence-electron chi connectivity index (χ1n) is 8.17. The Hall–Kier alpha value is -2.75. The number of hydrogen-bond acceptors (Lipinski definition) is 6. The second-order valence-corrected chi connectivity index (χ2v) is 7.34. The molecular weight excluding hydrogens is 404 g/mol. The standard InChI is InChI=1S/C18H17ClN4O4S/c1-28(26)23-14-8-4-12(5-9-14)17-21-22-18(27-17)15(10-24)20-16(25)11-2-6-13(19)7-3-11/h2-9,15,23-24H,10H2,1H3,(H,20,25). The summed E-state index contributed by atoms with van der Waals surface area (Å²) in [5.74, 6) is -0.0894. The highest BCUT2D eigenvalue weighted by atomic mass is 35.5. The molecule has 2 aromatic carbocycles. The number of anilines is 1. The second kappa shape index (κ2) is 8.96. The Kier molecular flexibility index (Phi) is 6.40. The molecule has 0 aliphatic heterocycles. The van der Waals surface area contributed by atoms with Gasteiger partial charge in [-0.25, -0.2) is 4.21 Å². The number of rotatable bonds is 7. The maximum Gasteiger partial charge on any atom is 0.251 e. The Morgan fingerprint density at radius 2 is 1.86 bits per heavy atom. The lowest BCUT2D eigenvalue weighted by atomic mass is 10.2. The molecule has 0 aliphatic rings. The van der Waals surface area contributed by atoms with Crippen LogP contribution < -0.4 is 10.0 Å². The van der Waals surface area contributed by atoms with Crippen LogP contribution in [0.5, 0.6) is 0 Å². The molecule has 28 heavy (non-hydrogen) atoms. The number of carbonyl (C=O) groups excluding carboxylic acids is 1. The zero-order chi connectivity index (χ0) is 20.1. The van der Waals surface area contributed by atoms with Crippen molar-refractivity contribution in [2.45, 2.75) is 6.04 Å². The molecule has 1 heterocycles. The fourth-order valence-electron chi connectivity index (χ4n) is 2.37. The predicted octanol–water partition coefficient (Wildman–Crippen LogP) is 2.56. The van der Waals surface area contributed by atoms with Gasteiger partial charge in [0.1, 0.15) is 17.0 Å². The van der Waals surface area contributed by atoms with E-state index in [1.165, 1.54) is 6.26 Å². The van der Waals surface area contributed by atoms with E-state index in [1.54, 1.807) is 48.5 Å². The van der Waals surface area contributed by atoms with Gasteiger partial charge in [-0.1, -0.05) is 11.6 Å². The van der Waals surface area contributed by atoms with Crippen LogP contribution in [0.25, 0.3) is 11.5 Å². The fourth-order valence-corrected chi connectivity index (χ4v) is 2.96. The van der Waals surface area contributed by atoms with Crippen molar-refractivity contribution in [2.24, 2.45) is 0 Å². The molecule has 0 saturated carbocycles. The van der Waals surface area contributed by atoms with E-state index in [-0.39, 0.29) is 11.8 Å². The highest BCUT2D eigenvalue weighted by molar-refractivity contribution is 7.85. The van der Waals surface area contributed by atoms with Gasteiger partial charge in [-0.15, -0.1) is 10.2 Å². The summed E-state index contributed by atoms with van der Waals surface area (Å²) in [6.07, 6.45) is 1.53. The summed E-state index contributed by atoms with van der Waals surface area (Å²) in [6.45, 7) is -0.411. The van der Waals surface area contributed by atoms with Crippen molar-refractivity contribution in [1.29, 1.82) is 0 Å². The van der Waals surface area contributed by atoms with Crippen LogP contribution in [0.4, 0.5) is 5.69 Å². The van der Waals surface area contributed by atoms with Crippen molar-refractivity contribution in [3.8, 4) is 11.5 Å².